The Bertz CT molecular complexity index is 1260. The summed E-state index contributed by atoms with van der Waals surface area (Å²) in [6.07, 6.45) is 0.882. The first kappa shape index (κ1) is 26.2. The van der Waals surface area contributed by atoms with Crippen molar-refractivity contribution in [3.8, 4) is 16.9 Å². The predicted molar refractivity (Wildman–Crippen MR) is 142 cm³/mol. The number of amides is 1. The first-order valence-electron chi connectivity index (χ1n) is 12.1. The molecule has 0 saturated carbocycles. The van der Waals surface area contributed by atoms with E-state index in [2.05, 4.69) is 34.3 Å². The number of benzene rings is 2. The largest absolute Gasteiger partial charge is 0.490 e. The topological polar surface area (TPSA) is 74.4 Å². The number of nitrogens with zero attached hydrogens (tertiary/aromatic N) is 1. The Balaban J connectivity index is 1.99. The third-order valence-electron chi connectivity index (χ3n) is 6.19. The number of carbonyl (C=O) groups excluding carboxylic acids is 1. The number of nitrogens with one attached hydrogen (secondary N) is 2. The number of pyridine rings is 1. The second kappa shape index (κ2) is 11.4. The number of hydrogen-bond donors (Lipinski definition) is 2. The maximum absolute atomic E-state index is 13.3. The zero-order chi connectivity index (χ0) is 25.7. The quantitative estimate of drug-likeness (QED) is 0.450. The van der Waals surface area contributed by atoms with Crippen molar-refractivity contribution in [3.05, 3.63) is 86.3 Å². The van der Waals surface area contributed by atoms with Crippen molar-refractivity contribution < 1.29 is 9.53 Å². The van der Waals surface area contributed by atoms with Crippen LogP contribution in [0.25, 0.3) is 11.1 Å². The lowest BCUT2D eigenvalue weighted by Crippen LogP contribution is -2.28. The van der Waals surface area contributed by atoms with Gasteiger partial charge in [0.15, 0.2) is 0 Å². The van der Waals surface area contributed by atoms with Crippen LogP contribution in [0, 0.1) is 20.8 Å². The lowest BCUT2D eigenvalue weighted by molar-refractivity contribution is 0.0949. The molecule has 0 radical (unpaired) electrons. The molecule has 0 aliphatic carbocycles. The van der Waals surface area contributed by atoms with Gasteiger partial charge in [-0.2, -0.15) is 0 Å². The average Bonchev–Trinajstić information content (AvgIpc) is 2.79. The van der Waals surface area contributed by atoms with Gasteiger partial charge in [-0.3, -0.25) is 9.59 Å². The van der Waals surface area contributed by atoms with Crippen molar-refractivity contribution in [2.24, 2.45) is 0 Å². The minimum atomic E-state index is -0.234. The van der Waals surface area contributed by atoms with Crippen LogP contribution < -0.4 is 15.6 Å². The summed E-state index contributed by atoms with van der Waals surface area (Å²) in [5.41, 5.74) is 6.51. The Morgan fingerprint density at radius 1 is 1.09 bits per heavy atom. The second-order valence-electron chi connectivity index (χ2n) is 9.55. The molecule has 186 valence electrons. The summed E-state index contributed by atoms with van der Waals surface area (Å²) in [6, 6.07) is 14.2. The SMILES string of the molecule is CCC(C)Oc1cc(-c2cccc(CN(C)C)c2)cc(C(=O)NCc2c(C)cc(C)[nH]c2=O)c1C. The molecule has 35 heavy (non-hydrogen) atoms. The molecule has 3 rings (SSSR count). The summed E-state index contributed by atoms with van der Waals surface area (Å²) in [7, 11) is 4.08. The Labute approximate surface area is 208 Å². The standard InChI is InChI=1S/C29H37N3O3/c1-8-20(4)35-27-15-24(23-11-9-10-22(13-23)17-32(6)7)14-25(21(27)5)28(33)30-16-26-18(2)12-19(3)31-29(26)34/h9-15,20H,8,16-17H2,1-7H3,(H,30,33)(H,31,34). The molecule has 6 nitrogen and oxygen atoms in total. The molecule has 0 spiro atoms. The van der Waals surface area contributed by atoms with E-state index in [4.69, 9.17) is 4.74 Å². The van der Waals surface area contributed by atoms with Crippen LogP contribution in [0.4, 0.5) is 0 Å². The molecule has 2 N–H and O–H groups in total. The maximum atomic E-state index is 13.3. The number of rotatable bonds is 9. The van der Waals surface area contributed by atoms with E-state index in [1.165, 1.54) is 5.56 Å². The Kier molecular flexibility index (Phi) is 8.52. The first-order chi connectivity index (χ1) is 16.6. The van der Waals surface area contributed by atoms with Gasteiger partial charge in [0.1, 0.15) is 5.75 Å². The fraction of sp³-hybridized carbons (Fsp3) is 0.379. The molecule has 2 aromatic carbocycles. The molecular weight excluding hydrogens is 438 g/mol. The molecule has 0 aliphatic heterocycles. The number of ether oxygens (including phenoxy) is 1. The molecule has 1 amide bonds. The summed E-state index contributed by atoms with van der Waals surface area (Å²) >= 11 is 0. The molecule has 0 saturated heterocycles. The number of aryl methyl sites for hydroxylation is 2. The van der Waals surface area contributed by atoms with E-state index >= 15 is 0 Å². The van der Waals surface area contributed by atoms with Crippen molar-refractivity contribution in [2.45, 2.75) is 60.2 Å². The number of aromatic amines is 1. The van der Waals surface area contributed by atoms with E-state index in [9.17, 15) is 9.59 Å². The monoisotopic (exact) mass is 475 g/mol. The van der Waals surface area contributed by atoms with Gasteiger partial charge in [0.2, 0.25) is 0 Å². The second-order valence-corrected chi connectivity index (χ2v) is 9.55. The van der Waals surface area contributed by atoms with Crippen molar-refractivity contribution in [1.82, 2.24) is 15.2 Å². The predicted octanol–water partition coefficient (Wildman–Crippen LogP) is 5.14. The van der Waals surface area contributed by atoms with Gasteiger partial charge in [0.25, 0.3) is 11.5 Å². The van der Waals surface area contributed by atoms with Crippen molar-refractivity contribution in [2.75, 3.05) is 14.1 Å². The van der Waals surface area contributed by atoms with Crippen LogP contribution in [0.1, 0.15) is 58.6 Å². The third-order valence-corrected chi connectivity index (χ3v) is 6.19. The van der Waals surface area contributed by atoms with Crippen molar-refractivity contribution in [1.29, 1.82) is 0 Å². The fourth-order valence-electron chi connectivity index (χ4n) is 4.09. The highest BCUT2D eigenvalue weighted by Gasteiger charge is 2.18. The van der Waals surface area contributed by atoms with Gasteiger partial charge < -0.3 is 19.9 Å². The van der Waals surface area contributed by atoms with Gasteiger partial charge in [-0.25, -0.2) is 0 Å². The lowest BCUT2D eigenvalue weighted by Gasteiger charge is -2.19. The van der Waals surface area contributed by atoms with Gasteiger partial charge >= 0.3 is 0 Å². The summed E-state index contributed by atoms with van der Waals surface area (Å²) in [6.45, 7) is 10.7. The van der Waals surface area contributed by atoms with Crippen molar-refractivity contribution >= 4 is 5.91 Å². The van der Waals surface area contributed by atoms with Gasteiger partial charge in [-0.05, 0) is 94.7 Å². The van der Waals surface area contributed by atoms with Gasteiger partial charge in [0, 0.05) is 35.5 Å². The number of H-pyrrole nitrogens is 1. The van der Waals surface area contributed by atoms with Crippen LogP contribution in [0.15, 0.2) is 47.3 Å². The van der Waals surface area contributed by atoms with E-state index < -0.39 is 0 Å². The fourth-order valence-corrected chi connectivity index (χ4v) is 4.09. The molecular formula is C29H37N3O3. The van der Waals surface area contributed by atoms with E-state index in [1.807, 2.05) is 72.1 Å². The summed E-state index contributed by atoms with van der Waals surface area (Å²) in [5.74, 6) is 0.464. The van der Waals surface area contributed by atoms with Gasteiger partial charge in [-0.1, -0.05) is 25.1 Å². The van der Waals surface area contributed by atoms with Gasteiger partial charge in [0.05, 0.1) is 6.10 Å². The molecule has 6 heteroatoms. The molecule has 3 aromatic rings. The van der Waals surface area contributed by atoms with Crippen LogP contribution in [0.5, 0.6) is 5.75 Å². The first-order valence-corrected chi connectivity index (χ1v) is 12.1. The molecule has 1 unspecified atom stereocenters. The highest BCUT2D eigenvalue weighted by Crippen LogP contribution is 2.32. The summed E-state index contributed by atoms with van der Waals surface area (Å²) in [4.78, 5) is 30.7. The smallest absolute Gasteiger partial charge is 0.253 e. The van der Waals surface area contributed by atoms with Crippen LogP contribution in [-0.4, -0.2) is 36.0 Å². The number of hydrogen-bond acceptors (Lipinski definition) is 4. The zero-order valence-corrected chi connectivity index (χ0v) is 21.9. The highest BCUT2D eigenvalue weighted by atomic mass is 16.5. The lowest BCUT2D eigenvalue weighted by atomic mass is 9.96. The van der Waals surface area contributed by atoms with Crippen LogP contribution in [0.3, 0.4) is 0 Å². The number of carbonyl (C=O) groups is 1. The Morgan fingerprint density at radius 2 is 1.83 bits per heavy atom. The Hall–Kier alpha value is -3.38. The highest BCUT2D eigenvalue weighted by molar-refractivity contribution is 5.97. The minimum absolute atomic E-state index is 0.0219. The van der Waals surface area contributed by atoms with Gasteiger partial charge in [-0.15, -0.1) is 0 Å². The van der Waals surface area contributed by atoms with E-state index in [0.29, 0.717) is 16.9 Å². The maximum Gasteiger partial charge on any atom is 0.253 e. The molecule has 1 aromatic heterocycles. The molecule has 1 atom stereocenters. The normalized spacial score (nSPS) is 12.0. The number of aromatic nitrogens is 1. The zero-order valence-electron chi connectivity index (χ0n) is 21.9. The van der Waals surface area contributed by atoms with E-state index in [-0.39, 0.29) is 24.1 Å². The molecule has 1 heterocycles. The molecule has 0 fully saturated rings. The minimum Gasteiger partial charge on any atom is -0.490 e. The Morgan fingerprint density at radius 3 is 2.49 bits per heavy atom. The van der Waals surface area contributed by atoms with E-state index in [1.54, 1.807) is 0 Å². The van der Waals surface area contributed by atoms with Crippen LogP contribution in [0.2, 0.25) is 0 Å². The van der Waals surface area contributed by atoms with E-state index in [0.717, 1.165) is 40.9 Å². The van der Waals surface area contributed by atoms with Crippen molar-refractivity contribution in [3.63, 3.8) is 0 Å². The van der Waals surface area contributed by atoms with Crippen LogP contribution in [-0.2, 0) is 13.1 Å². The molecule has 0 aliphatic rings. The summed E-state index contributed by atoms with van der Waals surface area (Å²) < 4.78 is 6.21. The third kappa shape index (κ3) is 6.61. The van der Waals surface area contributed by atoms with Crippen LogP contribution >= 0.6 is 0 Å². The average molecular weight is 476 g/mol. The summed E-state index contributed by atoms with van der Waals surface area (Å²) in [5, 5.41) is 2.95. The molecule has 0 bridgehead atoms.